The van der Waals surface area contributed by atoms with Crippen LogP contribution in [0.1, 0.15) is 23.5 Å². The monoisotopic (exact) mass is 484 g/mol. The number of thiocarbonyl (C=S) groups is 1. The van der Waals surface area contributed by atoms with Gasteiger partial charge in [0, 0.05) is 61.4 Å². The van der Waals surface area contributed by atoms with Gasteiger partial charge in [-0.15, -0.1) is 0 Å². The smallest absolute Gasteiger partial charge is 0.269 e. The van der Waals surface area contributed by atoms with E-state index in [9.17, 15) is 10.1 Å². The van der Waals surface area contributed by atoms with Gasteiger partial charge in [0.1, 0.15) is 6.04 Å². The lowest BCUT2D eigenvalue weighted by molar-refractivity contribution is -0.384. The van der Waals surface area contributed by atoms with Crippen molar-refractivity contribution in [1.82, 2.24) is 14.9 Å². The molecular weight excluding hydrogens is 460 g/mol. The van der Waals surface area contributed by atoms with Gasteiger partial charge in [-0.3, -0.25) is 15.1 Å². The fourth-order valence-electron chi connectivity index (χ4n) is 4.45. The molecule has 0 radical (unpaired) electrons. The molecule has 1 aliphatic rings. The van der Waals surface area contributed by atoms with E-state index in [0.29, 0.717) is 5.11 Å². The van der Waals surface area contributed by atoms with Crippen molar-refractivity contribution >= 4 is 34.4 Å². The molecule has 2 aromatic heterocycles. The highest BCUT2D eigenvalue weighted by Crippen LogP contribution is 2.42. The molecular formula is C26H24N6O2S. The molecule has 0 amide bonds. The van der Waals surface area contributed by atoms with Crippen LogP contribution < -0.4 is 15.1 Å². The molecule has 0 saturated carbocycles. The van der Waals surface area contributed by atoms with E-state index in [2.05, 4.69) is 50.4 Å². The highest BCUT2D eigenvalue weighted by atomic mass is 32.1. The van der Waals surface area contributed by atoms with Crippen LogP contribution in [0.3, 0.4) is 0 Å². The van der Waals surface area contributed by atoms with Gasteiger partial charge in [0.15, 0.2) is 5.11 Å². The van der Waals surface area contributed by atoms with E-state index in [1.165, 1.54) is 12.1 Å². The summed E-state index contributed by atoms with van der Waals surface area (Å²) >= 11 is 5.83. The van der Waals surface area contributed by atoms with Gasteiger partial charge in [-0.05, 0) is 72.9 Å². The van der Waals surface area contributed by atoms with Crippen LogP contribution in [0, 0.1) is 10.1 Å². The Balaban J connectivity index is 1.62. The number of aromatic nitrogens is 2. The number of rotatable bonds is 6. The van der Waals surface area contributed by atoms with Crippen LogP contribution in [0.4, 0.5) is 17.1 Å². The predicted octanol–water partition coefficient (Wildman–Crippen LogP) is 5.02. The fourth-order valence-corrected chi connectivity index (χ4v) is 4.80. The van der Waals surface area contributed by atoms with Crippen LogP contribution in [-0.2, 0) is 0 Å². The van der Waals surface area contributed by atoms with E-state index in [0.717, 1.165) is 28.5 Å². The van der Waals surface area contributed by atoms with Crippen molar-refractivity contribution in [2.45, 2.75) is 12.1 Å². The Labute approximate surface area is 208 Å². The number of nitrogens with zero attached hydrogens (tertiary/aromatic N) is 5. The van der Waals surface area contributed by atoms with Crippen molar-refractivity contribution in [3.63, 3.8) is 0 Å². The van der Waals surface area contributed by atoms with Gasteiger partial charge in [-0.1, -0.05) is 6.07 Å². The number of nitro groups is 1. The molecule has 1 fully saturated rings. The molecule has 2 atom stereocenters. The molecule has 1 saturated heterocycles. The first-order chi connectivity index (χ1) is 16.9. The average Bonchev–Trinajstić information content (AvgIpc) is 3.49. The molecule has 3 heterocycles. The second-order valence-corrected chi connectivity index (χ2v) is 8.87. The summed E-state index contributed by atoms with van der Waals surface area (Å²) in [5, 5.41) is 15.2. The van der Waals surface area contributed by atoms with Gasteiger partial charge in [0.25, 0.3) is 5.69 Å². The minimum Gasteiger partial charge on any atom is -0.378 e. The zero-order valence-electron chi connectivity index (χ0n) is 19.3. The van der Waals surface area contributed by atoms with Crippen molar-refractivity contribution in [2.75, 3.05) is 23.9 Å². The third-order valence-electron chi connectivity index (χ3n) is 6.16. The number of hydrogen-bond donors (Lipinski definition) is 1. The number of nitro benzene ring substituents is 1. The summed E-state index contributed by atoms with van der Waals surface area (Å²) in [5.74, 6) is 0. The van der Waals surface area contributed by atoms with E-state index in [1.807, 2.05) is 49.1 Å². The predicted molar refractivity (Wildman–Crippen MR) is 141 cm³/mol. The number of non-ortho nitro benzene ring substituents is 1. The largest absolute Gasteiger partial charge is 0.378 e. The molecule has 0 aliphatic carbocycles. The van der Waals surface area contributed by atoms with Crippen LogP contribution in [0.15, 0.2) is 91.3 Å². The Morgan fingerprint density at radius 2 is 1.69 bits per heavy atom. The molecule has 8 nitrogen and oxygen atoms in total. The number of nitrogens with one attached hydrogen (secondary N) is 1. The van der Waals surface area contributed by atoms with Crippen LogP contribution in [0.2, 0.25) is 0 Å². The molecule has 9 heteroatoms. The molecule has 0 bridgehead atoms. The van der Waals surface area contributed by atoms with Crippen LogP contribution >= 0.6 is 12.2 Å². The van der Waals surface area contributed by atoms with Crippen molar-refractivity contribution in [3.8, 4) is 5.69 Å². The lowest BCUT2D eigenvalue weighted by atomic mass is 10.0. The number of hydrogen-bond acceptors (Lipinski definition) is 5. The molecule has 1 N–H and O–H groups in total. The summed E-state index contributed by atoms with van der Waals surface area (Å²) < 4.78 is 2.04. The zero-order valence-corrected chi connectivity index (χ0v) is 20.1. The highest BCUT2D eigenvalue weighted by Gasteiger charge is 2.42. The summed E-state index contributed by atoms with van der Waals surface area (Å²) in [6.07, 6.45) is 3.74. The highest BCUT2D eigenvalue weighted by molar-refractivity contribution is 7.80. The van der Waals surface area contributed by atoms with E-state index >= 15 is 0 Å². The van der Waals surface area contributed by atoms with Gasteiger partial charge in [-0.2, -0.15) is 0 Å². The van der Waals surface area contributed by atoms with Crippen LogP contribution in [0.25, 0.3) is 5.69 Å². The molecule has 4 aromatic rings. The van der Waals surface area contributed by atoms with E-state index < -0.39 is 4.92 Å². The minimum atomic E-state index is -0.393. The van der Waals surface area contributed by atoms with Crippen molar-refractivity contribution in [3.05, 3.63) is 113 Å². The minimum absolute atomic E-state index is 0.0557. The van der Waals surface area contributed by atoms with Crippen LogP contribution in [0.5, 0.6) is 0 Å². The fraction of sp³-hybridized carbons (Fsp3) is 0.154. The lowest BCUT2D eigenvalue weighted by Crippen LogP contribution is -2.30. The number of anilines is 2. The lowest BCUT2D eigenvalue weighted by Gasteiger charge is -2.29. The van der Waals surface area contributed by atoms with Gasteiger partial charge in [0.05, 0.1) is 16.7 Å². The maximum absolute atomic E-state index is 11.1. The standard InChI is InChI=1S/C26H24N6O2S/c1-29(2)18-8-12-20(13-9-18)31-25(24(28-26(31)35)22-6-3-4-16-27-22)23-7-5-17-30(23)19-10-14-21(15-11-19)32(33)34/h3-17,24-25H,1-2H3,(H,28,35)/t24-,25+/m1/s1. The van der Waals surface area contributed by atoms with Gasteiger partial charge in [-0.25, -0.2) is 0 Å². The van der Waals surface area contributed by atoms with Crippen LogP contribution in [-0.4, -0.2) is 33.7 Å². The molecule has 5 rings (SSSR count). The van der Waals surface area contributed by atoms with Crippen molar-refractivity contribution in [1.29, 1.82) is 0 Å². The first kappa shape index (κ1) is 22.5. The Kier molecular flexibility index (Phi) is 5.92. The summed E-state index contributed by atoms with van der Waals surface area (Å²) in [4.78, 5) is 19.5. The zero-order chi connectivity index (χ0) is 24.5. The van der Waals surface area contributed by atoms with Crippen molar-refractivity contribution in [2.24, 2.45) is 0 Å². The van der Waals surface area contributed by atoms with Gasteiger partial charge < -0.3 is 19.7 Å². The first-order valence-electron chi connectivity index (χ1n) is 11.1. The normalized spacial score (nSPS) is 17.3. The molecule has 35 heavy (non-hydrogen) atoms. The third-order valence-corrected chi connectivity index (χ3v) is 6.48. The number of benzene rings is 2. The number of pyridine rings is 1. The second kappa shape index (κ2) is 9.19. The van der Waals surface area contributed by atoms with Gasteiger partial charge >= 0.3 is 0 Å². The summed E-state index contributed by atoms with van der Waals surface area (Å²) in [6, 6.07) is 24.3. The SMILES string of the molecule is CN(C)c1ccc(N2C(=S)N[C@H](c3ccccn3)[C@@H]2c2cccn2-c2ccc([N+](=O)[O-])cc2)cc1. The summed E-state index contributed by atoms with van der Waals surface area (Å²) in [7, 11) is 4.02. The van der Waals surface area contributed by atoms with Gasteiger partial charge in [0.2, 0.25) is 0 Å². The topological polar surface area (TPSA) is 79.5 Å². The summed E-state index contributed by atoms with van der Waals surface area (Å²) in [5.41, 5.74) is 4.81. The van der Waals surface area contributed by atoms with E-state index in [1.54, 1.807) is 18.3 Å². The Bertz CT molecular complexity index is 1350. The van der Waals surface area contributed by atoms with Crippen molar-refractivity contribution < 1.29 is 4.92 Å². The quantitative estimate of drug-likeness (QED) is 0.234. The Morgan fingerprint density at radius 1 is 0.971 bits per heavy atom. The average molecular weight is 485 g/mol. The first-order valence-corrected chi connectivity index (χ1v) is 11.5. The maximum Gasteiger partial charge on any atom is 0.269 e. The van der Waals surface area contributed by atoms with E-state index in [-0.39, 0.29) is 17.8 Å². The van der Waals surface area contributed by atoms with E-state index in [4.69, 9.17) is 12.2 Å². The Hall–Kier alpha value is -4.24. The Morgan fingerprint density at radius 3 is 2.31 bits per heavy atom. The maximum atomic E-state index is 11.1. The molecule has 0 unspecified atom stereocenters. The molecule has 1 aliphatic heterocycles. The molecule has 0 spiro atoms. The molecule has 2 aromatic carbocycles. The third kappa shape index (κ3) is 4.22. The molecule has 176 valence electrons. The second-order valence-electron chi connectivity index (χ2n) is 8.48. The summed E-state index contributed by atoms with van der Waals surface area (Å²) in [6.45, 7) is 0.